The second kappa shape index (κ2) is 4.52. The second-order valence-electron chi connectivity index (χ2n) is 6.37. The van der Waals surface area contributed by atoms with Crippen LogP contribution in [-0.2, 0) is 0 Å². The minimum Gasteiger partial charge on any atom is -0.329 e. The van der Waals surface area contributed by atoms with Gasteiger partial charge in [0.2, 0.25) is 0 Å². The summed E-state index contributed by atoms with van der Waals surface area (Å²) in [5, 5.41) is 0. The van der Waals surface area contributed by atoms with E-state index in [-0.39, 0.29) is 0 Å². The molecule has 0 aromatic heterocycles. The van der Waals surface area contributed by atoms with Gasteiger partial charge in [-0.25, -0.2) is 0 Å². The van der Waals surface area contributed by atoms with Gasteiger partial charge < -0.3 is 10.6 Å². The van der Waals surface area contributed by atoms with Gasteiger partial charge in [0.15, 0.2) is 0 Å². The number of nitrogens with two attached hydrogens (primary N) is 1. The van der Waals surface area contributed by atoms with Crippen LogP contribution in [0.25, 0.3) is 0 Å². The van der Waals surface area contributed by atoms with E-state index in [1.165, 1.54) is 58.4 Å². The Morgan fingerprint density at radius 2 is 1.94 bits per heavy atom. The molecule has 2 atom stereocenters. The molecule has 17 heavy (non-hydrogen) atoms. The average Bonchev–Trinajstić information content (AvgIpc) is 2.89. The molecule has 2 bridgehead atoms. The Morgan fingerprint density at radius 1 is 1.18 bits per heavy atom. The lowest BCUT2D eigenvalue weighted by molar-refractivity contribution is -0.0588. The van der Waals surface area contributed by atoms with Crippen LogP contribution in [0.4, 0.5) is 0 Å². The Balaban J connectivity index is 1.78. The molecule has 98 valence electrons. The van der Waals surface area contributed by atoms with Crippen LogP contribution < -0.4 is 5.73 Å². The molecule has 2 unspecified atom stereocenters. The lowest BCUT2D eigenvalue weighted by Gasteiger charge is -2.57. The molecule has 4 rings (SSSR count). The number of fused-ring (bicyclic) bond motifs is 3. The van der Waals surface area contributed by atoms with Crippen LogP contribution >= 0.6 is 0 Å². The largest absolute Gasteiger partial charge is 0.329 e. The summed E-state index contributed by atoms with van der Waals surface area (Å²) in [6.07, 6.45) is 5.49. The predicted molar refractivity (Wildman–Crippen MR) is 70.9 cm³/mol. The zero-order valence-corrected chi connectivity index (χ0v) is 11.2. The van der Waals surface area contributed by atoms with Crippen molar-refractivity contribution in [1.29, 1.82) is 0 Å². The minimum absolute atomic E-state index is 0.334. The predicted octanol–water partition coefficient (Wildman–Crippen LogP) is 1.14. The van der Waals surface area contributed by atoms with Crippen LogP contribution in [0.15, 0.2) is 0 Å². The summed E-state index contributed by atoms with van der Waals surface area (Å²) in [5.74, 6) is 1.79. The van der Waals surface area contributed by atoms with E-state index in [1.807, 2.05) is 0 Å². The van der Waals surface area contributed by atoms with E-state index >= 15 is 0 Å². The molecule has 4 heterocycles. The number of hydrogen-bond acceptors (Lipinski definition) is 3. The number of hydrogen-bond donors (Lipinski definition) is 1. The average molecular weight is 237 g/mol. The zero-order chi connectivity index (χ0) is 11.9. The summed E-state index contributed by atoms with van der Waals surface area (Å²) >= 11 is 0. The van der Waals surface area contributed by atoms with Gasteiger partial charge in [-0.05, 0) is 50.7 Å². The second-order valence-corrected chi connectivity index (χ2v) is 6.37. The van der Waals surface area contributed by atoms with E-state index < -0.39 is 0 Å². The molecule has 3 heteroatoms. The number of nitrogens with zero attached hydrogens (tertiary/aromatic N) is 2. The van der Waals surface area contributed by atoms with Gasteiger partial charge in [-0.1, -0.05) is 13.3 Å². The maximum absolute atomic E-state index is 6.22. The highest BCUT2D eigenvalue weighted by Gasteiger charge is 2.50. The number of rotatable bonds is 3. The maximum Gasteiger partial charge on any atom is 0.0487 e. The molecular formula is C14H27N3. The van der Waals surface area contributed by atoms with Crippen LogP contribution in [0.1, 0.15) is 32.6 Å². The van der Waals surface area contributed by atoms with Crippen LogP contribution in [0.2, 0.25) is 0 Å². The van der Waals surface area contributed by atoms with Crippen molar-refractivity contribution < 1.29 is 0 Å². The van der Waals surface area contributed by atoms with Crippen LogP contribution in [-0.4, -0.2) is 54.6 Å². The highest BCUT2D eigenvalue weighted by molar-refractivity contribution is 5.07. The lowest BCUT2D eigenvalue weighted by atomic mass is 9.71. The van der Waals surface area contributed by atoms with Crippen molar-refractivity contribution in [1.82, 2.24) is 9.80 Å². The molecule has 0 spiro atoms. The van der Waals surface area contributed by atoms with Crippen molar-refractivity contribution in [3.05, 3.63) is 0 Å². The fourth-order valence-electron chi connectivity index (χ4n) is 4.43. The van der Waals surface area contributed by atoms with Crippen molar-refractivity contribution >= 4 is 0 Å². The number of likely N-dealkylation sites (tertiary alicyclic amines) is 1. The Morgan fingerprint density at radius 3 is 2.41 bits per heavy atom. The molecule has 0 aliphatic carbocycles. The topological polar surface area (TPSA) is 32.5 Å². The third-order valence-electron chi connectivity index (χ3n) is 5.69. The van der Waals surface area contributed by atoms with E-state index in [0.717, 1.165) is 18.4 Å². The maximum atomic E-state index is 6.22. The SMILES string of the molecule is CCC1CCN(C2(CN)CN3CCC2CC3)C1. The molecule has 4 aliphatic heterocycles. The van der Waals surface area contributed by atoms with E-state index in [2.05, 4.69) is 16.7 Å². The van der Waals surface area contributed by atoms with Gasteiger partial charge in [0.1, 0.15) is 0 Å². The van der Waals surface area contributed by atoms with Gasteiger partial charge in [0, 0.05) is 25.2 Å². The standard InChI is InChI=1S/C14H27N3/c1-2-12-3-8-17(9-12)14(10-15)11-16-6-4-13(14)5-7-16/h12-13H,2-11,15H2,1H3. The van der Waals surface area contributed by atoms with Gasteiger partial charge in [-0.2, -0.15) is 0 Å². The summed E-state index contributed by atoms with van der Waals surface area (Å²) in [6, 6.07) is 0. The van der Waals surface area contributed by atoms with Gasteiger partial charge in [-0.3, -0.25) is 4.90 Å². The summed E-state index contributed by atoms with van der Waals surface area (Å²) in [7, 11) is 0. The van der Waals surface area contributed by atoms with Gasteiger partial charge in [0.25, 0.3) is 0 Å². The first-order valence-electron chi connectivity index (χ1n) is 7.46. The minimum atomic E-state index is 0.334. The molecule has 0 aromatic carbocycles. The molecule has 4 saturated heterocycles. The Kier molecular flexibility index (Phi) is 3.18. The van der Waals surface area contributed by atoms with Gasteiger partial charge in [0.05, 0.1) is 0 Å². The molecule has 4 aliphatic rings. The molecular weight excluding hydrogens is 210 g/mol. The summed E-state index contributed by atoms with van der Waals surface area (Å²) in [6.45, 7) is 9.67. The molecule has 0 amide bonds. The highest BCUT2D eigenvalue weighted by Crippen LogP contribution is 2.41. The summed E-state index contributed by atoms with van der Waals surface area (Å²) < 4.78 is 0. The van der Waals surface area contributed by atoms with E-state index in [0.29, 0.717) is 5.54 Å². The summed E-state index contributed by atoms with van der Waals surface area (Å²) in [4.78, 5) is 5.41. The molecule has 4 fully saturated rings. The van der Waals surface area contributed by atoms with Crippen molar-refractivity contribution in [2.45, 2.75) is 38.1 Å². The molecule has 2 N–H and O–H groups in total. The van der Waals surface area contributed by atoms with E-state index in [4.69, 9.17) is 5.73 Å². The Labute approximate surface area is 105 Å². The van der Waals surface area contributed by atoms with Crippen molar-refractivity contribution in [2.75, 3.05) is 39.3 Å². The highest BCUT2D eigenvalue weighted by atomic mass is 15.3. The third kappa shape index (κ3) is 1.83. The first kappa shape index (κ1) is 11.9. The number of piperidine rings is 3. The quantitative estimate of drug-likeness (QED) is 0.799. The summed E-state index contributed by atoms with van der Waals surface area (Å²) in [5.41, 5.74) is 6.56. The Bertz CT molecular complexity index is 273. The first-order valence-corrected chi connectivity index (χ1v) is 7.46. The van der Waals surface area contributed by atoms with Gasteiger partial charge >= 0.3 is 0 Å². The molecule has 0 saturated carbocycles. The van der Waals surface area contributed by atoms with Crippen molar-refractivity contribution in [3.8, 4) is 0 Å². The fourth-order valence-corrected chi connectivity index (χ4v) is 4.43. The van der Waals surface area contributed by atoms with E-state index in [1.54, 1.807) is 0 Å². The van der Waals surface area contributed by atoms with Crippen LogP contribution in [0.3, 0.4) is 0 Å². The fraction of sp³-hybridized carbons (Fsp3) is 1.00. The smallest absolute Gasteiger partial charge is 0.0487 e. The van der Waals surface area contributed by atoms with E-state index in [9.17, 15) is 0 Å². The van der Waals surface area contributed by atoms with Gasteiger partial charge in [-0.15, -0.1) is 0 Å². The third-order valence-corrected chi connectivity index (χ3v) is 5.69. The Hall–Kier alpha value is -0.120. The lowest BCUT2D eigenvalue weighted by Crippen LogP contribution is -2.69. The van der Waals surface area contributed by atoms with Crippen molar-refractivity contribution in [2.24, 2.45) is 17.6 Å². The zero-order valence-electron chi connectivity index (χ0n) is 11.2. The van der Waals surface area contributed by atoms with Crippen LogP contribution in [0.5, 0.6) is 0 Å². The van der Waals surface area contributed by atoms with Crippen molar-refractivity contribution in [3.63, 3.8) is 0 Å². The first-order chi connectivity index (χ1) is 8.28. The monoisotopic (exact) mass is 237 g/mol. The molecule has 3 nitrogen and oxygen atoms in total. The molecule has 0 radical (unpaired) electrons. The molecule has 0 aromatic rings. The normalized spacial score (nSPS) is 46.6. The van der Waals surface area contributed by atoms with Crippen LogP contribution in [0, 0.1) is 11.8 Å².